The molecule has 1 aromatic heterocycles. The predicted octanol–water partition coefficient (Wildman–Crippen LogP) is 3.50. The van der Waals surface area contributed by atoms with Crippen molar-refractivity contribution in [3.63, 3.8) is 0 Å². The van der Waals surface area contributed by atoms with Crippen LogP contribution >= 0.6 is 35.6 Å². The standard InChI is InChI=1S/C17H24ClN5.HI/c1-14(12-23-9-5-8-21-23)11-20-17(19-2)22(3)13-15-6-4-7-16(18)10-15;/h4-10,14H,11-13H2,1-3H3,(H,19,20);1H. The van der Waals surface area contributed by atoms with Gasteiger partial charge in [0.25, 0.3) is 0 Å². The lowest BCUT2D eigenvalue weighted by atomic mass is 10.2. The average molecular weight is 462 g/mol. The molecule has 0 spiro atoms. The lowest BCUT2D eigenvalue weighted by Crippen LogP contribution is -2.40. The van der Waals surface area contributed by atoms with E-state index in [4.69, 9.17) is 11.6 Å². The molecule has 0 aliphatic carbocycles. The monoisotopic (exact) mass is 461 g/mol. The highest BCUT2D eigenvalue weighted by molar-refractivity contribution is 14.0. The second-order valence-corrected chi connectivity index (χ2v) is 6.18. The van der Waals surface area contributed by atoms with E-state index in [0.717, 1.165) is 36.2 Å². The van der Waals surface area contributed by atoms with Crippen LogP contribution in [0.1, 0.15) is 12.5 Å². The molecule has 0 aliphatic heterocycles. The summed E-state index contributed by atoms with van der Waals surface area (Å²) in [4.78, 5) is 6.44. The summed E-state index contributed by atoms with van der Waals surface area (Å²) in [7, 11) is 3.82. The Morgan fingerprint density at radius 1 is 1.42 bits per heavy atom. The maximum Gasteiger partial charge on any atom is 0.193 e. The van der Waals surface area contributed by atoms with Crippen molar-refractivity contribution in [2.45, 2.75) is 20.0 Å². The summed E-state index contributed by atoms with van der Waals surface area (Å²) in [6.07, 6.45) is 3.79. The number of nitrogens with zero attached hydrogens (tertiary/aromatic N) is 4. The second kappa shape index (κ2) is 10.6. The zero-order chi connectivity index (χ0) is 16.7. The molecule has 7 heteroatoms. The fraction of sp³-hybridized carbons (Fsp3) is 0.412. The highest BCUT2D eigenvalue weighted by atomic mass is 127. The average Bonchev–Trinajstić information content (AvgIpc) is 3.00. The Hall–Kier alpha value is -1.28. The summed E-state index contributed by atoms with van der Waals surface area (Å²) >= 11 is 6.04. The summed E-state index contributed by atoms with van der Waals surface area (Å²) in [5.41, 5.74) is 1.16. The number of aliphatic imine (C=N–C) groups is 1. The number of hydrogen-bond donors (Lipinski definition) is 1. The molecule has 1 aromatic carbocycles. The Bertz CT molecular complexity index is 630. The van der Waals surface area contributed by atoms with Crippen molar-refractivity contribution < 1.29 is 0 Å². The van der Waals surface area contributed by atoms with Crippen molar-refractivity contribution in [3.05, 3.63) is 53.3 Å². The highest BCUT2D eigenvalue weighted by Crippen LogP contribution is 2.12. The number of aromatic nitrogens is 2. The predicted molar refractivity (Wildman–Crippen MR) is 111 cm³/mol. The molecular formula is C17H25ClIN5. The molecule has 132 valence electrons. The van der Waals surface area contributed by atoms with Gasteiger partial charge >= 0.3 is 0 Å². The van der Waals surface area contributed by atoms with E-state index in [0.29, 0.717) is 5.92 Å². The van der Waals surface area contributed by atoms with E-state index in [1.54, 1.807) is 13.2 Å². The Balaban J connectivity index is 0.00000288. The first-order valence-corrected chi connectivity index (χ1v) is 8.10. The normalized spacial score (nSPS) is 12.4. The van der Waals surface area contributed by atoms with E-state index < -0.39 is 0 Å². The quantitative estimate of drug-likeness (QED) is 0.407. The number of hydrogen-bond acceptors (Lipinski definition) is 2. The van der Waals surface area contributed by atoms with Gasteiger partial charge in [-0.3, -0.25) is 9.67 Å². The molecule has 2 aromatic rings. The molecule has 2 rings (SSSR count). The van der Waals surface area contributed by atoms with Crippen molar-refractivity contribution in [2.24, 2.45) is 10.9 Å². The molecule has 0 amide bonds. The summed E-state index contributed by atoms with van der Waals surface area (Å²) in [5, 5.41) is 8.41. The maximum absolute atomic E-state index is 6.04. The van der Waals surface area contributed by atoms with E-state index in [2.05, 4.69) is 33.3 Å². The van der Waals surface area contributed by atoms with Gasteiger partial charge in [-0.05, 0) is 29.7 Å². The smallest absolute Gasteiger partial charge is 0.193 e. The van der Waals surface area contributed by atoms with Crippen LogP contribution in [0.25, 0.3) is 0 Å². The zero-order valence-corrected chi connectivity index (χ0v) is 17.4. The topological polar surface area (TPSA) is 45.5 Å². The third kappa shape index (κ3) is 6.68. The number of benzene rings is 1. The van der Waals surface area contributed by atoms with Gasteiger partial charge in [-0.1, -0.05) is 30.7 Å². The SMILES string of the molecule is CN=C(NCC(C)Cn1cccn1)N(C)Cc1cccc(Cl)c1.I. The molecule has 24 heavy (non-hydrogen) atoms. The Morgan fingerprint density at radius 2 is 2.21 bits per heavy atom. The van der Waals surface area contributed by atoms with Crippen LogP contribution in [0.4, 0.5) is 0 Å². The molecule has 0 fully saturated rings. The number of guanidine groups is 1. The second-order valence-electron chi connectivity index (χ2n) is 5.75. The van der Waals surface area contributed by atoms with Gasteiger partial charge < -0.3 is 10.2 Å². The summed E-state index contributed by atoms with van der Waals surface area (Å²) in [6, 6.07) is 9.84. The van der Waals surface area contributed by atoms with E-state index in [1.807, 2.05) is 42.2 Å². The fourth-order valence-electron chi connectivity index (χ4n) is 2.43. The third-order valence-electron chi connectivity index (χ3n) is 3.55. The van der Waals surface area contributed by atoms with Gasteiger partial charge in [-0.15, -0.1) is 24.0 Å². The fourth-order valence-corrected chi connectivity index (χ4v) is 2.64. The molecule has 0 saturated heterocycles. The van der Waals surface area contributed by atoms with E-state index in [9.17, 15) is 0 Å². The first-order chi connectivity index (χ1) is 11.1. The molecular weight excluding hydrogens is 437 g/mol. The summed E-state index contributed by atoms with van der Waals surface area (Å²) in [6.45, 7) is 4.67. The van der Waals surface area contributed by atoms with Crippen molar-refractivity contribution >= 4 is 41.5 Å². The van der Waals surface area contributed by atoms with Crippen molar-refractivity contribution in [2.75, 3.05) is 20.6 Å². The minimum atomic E-state index is 0. The van der Waals surface area contributed by atoms with Crippen LogP contribution in [0.3, 0.4) is 0 Å². The van der Waals surface area contributed by atoms with Gasteiger partial charge in [0, 0.05) is 51.1 Å². The minimum Gasteiger partial charge on any atom is -0.356 e. The molecule has 0 bridgehead atoms. The summed E-state index contributed by atoms with van der Waals surface area (Å²) < 4.78 is 1.95. The van der Waals surface area contributed by atoms with Crippen molar-refractivity contribution in [1.29, 1.82) is 0 Å². The Morgan fingerprint density at radius 3 is 2.83 bits per heavy atom. The Kier molecular flexibility index (Phi) is 9.13. The maximum atomic E-state index is 6.04. The van der Waals surface area contributed by atoms with Gasteiger partial charge in [-0.2, -0.15) is 5.10 Å². The van der Waals surface area contributed by atoms with Crippen LogP contribution < -0.4 is 5.32 Å². The largest absolute Gasteiger partial charge is 0.356 e. The molecule has 1 atom stereocenters. The van der Waals surface area contributed by atoms with Crippen LogP contribution in [-0.2, 0) is 13.1 Å². The van der Waals surface area contributed by atoms with Gasteiger partial charge in [-0.25, -0.2) is 0 Å². The van der Waals surface area contributed by atoms with Crippen LogP contribution in [0.2, 0.25) is 5.02 Å². The molecule has 1 N–H and O–H groups in total. The zero-order valence-electron chi connectivity index (χ0n) is 14.3. The Labute approximate surface area is 166 Å². The summed E-state index contributed by atoms with van der Waals surface area (Å²) in [5.74, 6) is 1.32. The molecule has 0 aliphatic rings. The third-order valence-corrected chi connectivity index (χ3v) is 3.78. The molecule has 5 nitrogen and oxygen atoms in total. The number of halogens is 2. The van der Waals surface area contributed by atoms with E-state index in [1.165, 1.54) is 0 Å². The first kappa shape index (κ1) is 20.8. The number of nitrogens with one attached hydrogen (secondary N) is 1. The highest BCUT2D eigenvalue weighted by Gasteiger charge is 2.09. The van der Waals surface area contributed by atoms with Gasteiger partial charge in [0.1, 0.15) is 0 Å². The van der Waals surface area contributed by atoms with Crippen LogP contribution in [-0.4, -0.2) is 41.3 Å². The van der Waals surface area contributed by atoms with Gasteiger partial charge in [0.05, 0.1) is 0 Å². The van der Waals surface area contributed by atoms with Crippen molar-refractivity contribution in [3.8, 4) is 0 Å². The van der Waals surface area contributed by atoms with Crippen molar-refractivity contribution in [1.82, 2.24) is 20.0 Å². The lowest BCUT2D eigenvalue weighted by Gasteiger charge is -2.23. The molecule has 1 heterocycles. The van der Waals surface area contributed by atoms with E-state index >= 15 is 0 Å². The number of rotatable bonds is 6. The van der Waals surface area contributed by atoms with Crippen LogP contribution in [0.15, 0.2) is 47.7 Å². The van der Waals surface area contributed by atoms with E-state index in [-0.39, 0.29) is 24.0 Å². The molecule has 1 unspecified atom stereocenters. The molecule has 0 saturated carbocycles. The first-order valence-electron chi connectivity index (χ1n) is 7.72. The van der Waals surface area contributed by atoms with Crippen LogP contribution in [0, 0.1) is 5.92 Å². The minimum absolute atomic E-state index is 0. The van der Waals surface area contributed by atoms with Gasteiger partial charge in [0.2, 0.25) is 0 Å². The molecule has 0 radical (unpaired) electrons. The van der Waals surface area contributed by atoms with Gasteiger partial charge in [0.15, 0.2) is 5.96 Å². The lowest BCUT2D eigenvalue weighted by molar-refractivity contribution is 0.423. The van der Waals surface area contributed by atoms with Crippen LogP contribution in [0.5, 0.6) is 0 Å².